The molecular weight excluding hydrogens is 355 g/mol. The monoisotopic (exact) mass is 385 g/mol. The van der Waals surface area contributed by atoms with Crippen LogP contribution in [-0.2, 0) is 12.7 Å². The second kappa shape index (κ2) is 9.41. The minimum Gasteiger partial charge on any atom is -0.355 e. The molecule has 5 nitrogen and oxygen atoms in total. The van der Waals surface area contributed by atoms with Crippen molar-refractivity contribution in [3.63, 3.8) is 0 Å². The quantitative estimate of drug-likeness (QED) is 0.623. The zero-order valence-electron chi connectivity index (χ0n) is 16.6. The zero-order chi connectivity index (χ0) is 20.0. The van der Waals surface area contributed by atoms with Crippen LogP contribution >= 0.6 is 0 Å². The van der Waals surface area contributed by atoms with Crippen molar-refractivity contribution in [1.29, 1.82) is 0 Å². The number of hydrogen-bond acceptors (Lipinski definition) is 3. The van der Waals surface area contributed by atoms with Crippen LogP contribution in [-0.4, -0.2) is 80.6 Å². The summed E-state index contributed by atoms with van der Waals surface area (Å²) in [6.45, 7) is 7.72. The summed E-state index contributed by atoms with van der Waals surface area (Å²) in [6, 6.07) is 5.65. The number of aliphatic imine (C=N–C) groups is 1. The molecule has 1 aromatic carbocycles. The highest BCUT2D eigenvalue weighted by molar-refractivity contribution is 5.79. The summed E-state index contributed by atoms with van der Waals surface area (Å²) < 4.78 is 38.0. The lowest BCUT2D eigenvalue weighted by Gasteiger charge is -2.37. The highest BCUT2D eigenvalue weighted by atomic mass is 19.4. The molecule has 27 heavy (non-hydrogen) atoms. The molecule has 0 bridgehead atoms. The fraction of sp³-hybridized carbons (Fsp3) is 0.632. The second-order valence-electron chi connectivity index (χ2n) is 7.17. The Balaban J connectivity index is 1.85. The lowest BCUT2D eigenvalue weighted by molar-refractivity contribution is -0.137. The second-order valence-corrected chi connectivity index (χ2v) is 7.17. The summed E-state index contributed by atoms with van der Waals surface area (Å²) in [6.07, 6.45) is -4.30. The summed E-state index contributed by atoms with van der Waals surface area (Å²) in [4.78, 5) is 11.0. The normalized spacial score (nSPS) is 18.4. The molecule has 8 heteroatoms. The molecule has 0 amide bonds. The molecule has 1 heterocycles. The Morgan fingerprint density at radius 1 is 1.19 bits per heavy atom. The van der Waals surface area contributed by atoms with Crippen molar-refractivity contribution in [2.24, 2.45) is 4.99 Å². The van der Waals surface area contributed by atoms with E-state index in [1.807, 2.05) is 11.9 Å². The maximum atomic E-state index is 12.7. The first-order valence-corrected chi connectivity index (χ1v) is 9.21. The third kappa shape index (κ3) is 6.39. The Bertz CT molecular complexity index is 607. The Labute approximate surface area is 159 Å². The number of alkyl halides is 3. The van der Waals surface area contributed by atoms with Crippen molar-refractivity contribution in [3.05, 3.63) is 35.4 Å². The van der Waals surface area contributed by atoms with Gasteiger partial charge in [-0.05, 0) is 31.7 Å². The van der Waals surface area contributed by atoms with Crippen LogP contribution in [0, 0.1) is 0 Å². The highest BCUT2D eigenvalue weighted by Crippen LogP contribution is 2.29. The Kier molecular flexibility index (Phi) is 7.49. The van der Waals surface area contributed by atoms with Crippen LogP contribution in [0.4, 0.5) is 13.2 Å². The first-order valence-electron chi connectivity index (χ1n) is 9.21. The number of rotatable bonds is 5. The number of nitrogens with zero attached hydrogens (tertiary/aromatic N) is 4. The van der Waals surface area contributed by atoms with Gasteiger partial charge < -0.3 is 15.1 Å². The van der Waals surface area contributed by atoms with Crippen LogP contribution in [0.5, 0.6) is 0 Å². The fourth-order valence-electron chi connectivity index (χ4n) is 3.16. The van der Waals surface area contributed by atoms with Crippen LogP contribution in [0.2, 0.25) is 0 Å². The Morgan fingerprint density at radius 2 is 1.78 bits per heavy atom. The number of nitrogens with one attached hydrogen (secondary N) is 1. The van der Waals surface area contributed by atoms with Gasteiger partial charge in [-0.25, -0.2) is 0 Å². The largest absolute Gasteiger partial charge is 0.416 e. The van der Waals surface area contributed by atoms with E-state index < -0.39 is 11.7 Å². The Hall–Kier alpha value is -1.80. The minimum absolute atomic E-state index is 0.384. The first kappa shape index (κ1) is 21.5. The van der Waals surface area contributed by atoms with E-state index in [1.54, 1.807) is 7.05 Å². The molecule has 0 aliphatic carbocycles. The van der Waals surface area contributed by atoms with Crippen molar-refractivity contribution >= 4 is 5.96 Å². The summed E-state index contributed by atoms with van der Waals surface area (Å²) >= 11 is 0. The molecule has 1 aliphatic rings. The number of piperazine rings is 1. The van der Waals surface area contributed by atoms with Crippen LogP contribution in [0.1, 0.15) is 18.1 Å². The van der Waals surface area contributed by atoms with E-state index in [9.17, 15) is 13.2 Å². The zero-order valence-corrected chi connectivity index (χ0v) is 16.6. The molecule has 1 aliphatic heterocycles. The average molecular weight is 385 g/mol. The summed E-state index contributed by atoms with van der Waals surface area (Å²) in [5, 5.41) is 3.37. The lowest BCUT2D eigenvalue weighted by atomic mass is 10.1. The van der Waals surface area contributed by atoms with Crippen molar-refractivity contribution in [3.8, 4) is 0 Å². The number of likely N-dealkylation sites (N-methyl/N-ethyl adjacent to an activating group) is 1. The van der Waals surface area contributed by atoms with Crippen molar-refractivity contribution in [2.75, 3.05) is 53.9 Å². The van der Waals surface area contributed by atoms with Gasteiger partial charge in [0.25, 0.3) is 0 Å². The highest BCUT2D eigenvalue weighted by Gasteiger charge is 2.30. The van der Waals surface area contributed by atoms with Gasteiger partial charge in [0, 0.05) is 59.4 Å². The predicted octanol–water partition coefficient (Wildman–Crippen LogP) is 2.35. The Morgan fingerprint density at radius 3 is 2.30 bits per heavy atom. The van der Waals surface area contributed by atoms with Gasteiger partial charge in [0.05, 0.1) is 5.56 Å². The van der Waals surface area contributed by atoms with Crippen LogP contribution in [0.3, 0.4) is 0 Å². The molecule has 2 rings (SSSR count). The third-order valence-corrected chi connectivity index (χ3v) is 4.99. The van der Waals surface area contributed by atoms with Gasteiger partial charge in [0.1, 0.15) is 0 Å². The fourth-order valence-corrected chi connectivity index (χ4v) is 3.16. The first-order chi connectivity index (χ1) is 12.7. The standard InChI is InChI=1S/C19H30F3N5/c1-15(27-11-9-25(3)10-12-27)13-24-18(23-2)26(4)14-16-5-7-17(8-6-16)19(20,21)22/h5-8,15H,9-14H2,1-4H3,(H,23,24). The van der Waals surface area contributed by atoms with Gasteiger partial charge in [0.15, 0.2) is 5.96 Å². The lowest BCUT2D eigenvalue weighted by Crippen LogP contribution is -2.52. The van der Waals surface area contributed by atoms with Crippen molar-refractivity contribution < 1.29 is 13.2 Å². The minimum atomic E-state index is -4.30. The number of benzene rings is 1. The summed E-state index contributed by atoms with van der Waals surface area (Å²) in [5.41, 5.74) is 0.179. The molecule has 0 aromatic heterocycles. The number of halogens is 3. The maximum Gasteiger partial charge on any atom is 0.416 e. The van der Waals surface area contributed by atoms with E-state index in [4.69, 9.17) is 0 Å². The van der Waals surface area contributed by atoms with Gasteiger partial charge in [-0.1, -0.05) is 12.1 Å². The number of guanidine groups is 1. The molecule has 0 radical (unpaired) electrons. The van der Waals surface area contributed by atoms with E-state index in [2.05, 4.69) is 34.1 Å². The van der Waals surface area contributed by atoms with Gasteiger partial charge in [-0.2, -0.15) is 13.2 Å². The molecule has 1 N–H and O–H groups in total. The topological polar surface area (TPSA) is 34.1 Å². The van der Waals surface area contributed by atoms with Crippen LogP contribution in [0.25, 0.3) is 0 Å². The molecule has 0 spiro atoms. The molecule has 1 atom stereocenters. The SMILES string of the molecule is CN=C(NCC(C)N1CCN(C)CC1)N(C)Cc1ccc(C(F)(F)F)cc1. The van der Waals surface area contributed by atoms with Crippen molar-refractivity contribution in [1.82, 2.24) is 20.0 Å². The van der Waals surface area contributed by atoms with E-state index in [1.165, 1.54) is 12.1 Å². The van der Waals surface area contributed by atoms with E-state index >= 15 is 0 Å². The van der Waals surface area contributed by atoms with Gasteiger partial charge in [0.2, 0.25) is 0 Å². The predicted molar refractivity (Wildman–Crippen MR) is 103 cm³/mol. The molecule has 1 unspecified atom stereocenters. The van der Waals surface area contributed by atoms with Gasteiger partial charge in [-0.3, -0.25) is 9.89 Å². The average Bonchev–Trinajstić information content (AvgIpc) is 2.62. The van der Waals surface area contributed by atoms with E-state index in [0.29, 0.717) is 12.6 Å². The van der Waals surface area contributed by atoms with Gasteiger partial charge >= 0.3 is 6.18 Å². The van der Waals surface area contributed by atoms with Crippen LogP contribution in [0.15, 0.2) is 29.3 Å². The summed E-state index contributed by atoms with van der Waals surface area (Å²) in [5.74, 6) is 0.732. The van der Waals surface area contributed by atoms with Crippen molar-refractivity contribution in [2.45, 2.75) is 25.7 Å². The maximum absolute atomic E-state index is 12.7. The van der Waals surface area contributed by atoms with E-state index in [0.717, 1.165) is 56.4 Å². The molecule has 1 fully saturated rings. The third-order valence-electron chi connectivity index (χ3n) is 4.99. The molecule has 1 aromatic rings. The smallest absolute Gasteiger partial charge is 0.355 e. The molecular formula is C19H30F3N5. The van der Waals surface area contributed by atoms with Crippen LogP contribution < -0.4 is 5.32 Å². The molecule has 1 saturated heterocycles. The molecule has 0 saturated carbocycles. The van der Waals surface area contributed by atoms with Gasteiger partial charge in [-0.15, -0.1) is 0 Å². The van der Waals surface area contributed by atoms with E-state index in [-0.39, 0.29) is 0 Å². The number of hydrogen-bond donors (Lipinski definition) is 1. The molecule has 152 valence electrons. The summed E-state index contributed by atoms with van der Waals surface area (Å²) in [7, 11) is 5.73.